The lowest BCUT2D eigenvalue weighted by Crippen LogP contribution is -2.33. The number of rotatable bonds is 7. The summed E-state index contributed by atoms with van der Waals surface area (Å²) in [5.74, 6) is 0.750. The average Bonchev–Trinajstić information content (AvgIpc) is 2.52. The Labute approximate surface area is 129 Å². The molecule has 2 aromatic carbocycles. The van der Waals surface area contributed by atoms with E-state index < -0.39 is 0 Å². The number of nitrogens with one attached hydrogen (secondary N) is 1. The van der Waals surface area contributed by atoms with E-state index >= 15 is 0 Å². The van der Waals surface area contributed by atoms with E-state index in [0.29, 0.717) is 6.04 Å². The highest BCUT2D eigenvalue weighted by Crippen LogP contribution is 2.24. The van der Waals surface area contributed by atoms with Crippen molar-refractivity contribution in [1.29, 1.82) is 0 Å². The summed E-state index contributed by atoms with van der Waals surface area (Å²) in [7, 11) is 4.28. The summed E-state index contributed by atoms with van der Waals surface area (Å²) in [4.78, 5) is 2.44. The van der Waals surface area contributed by atoms with Gasteiger partial charge in [0, 0.05) is 19.1 Å². The van der Waals surface area contributed by atoms with Crippen LogP contribution in [0.5, 0.6) is 0 Å². The Balaban J connectivity index is 2.20. The molecule has 2 heteroatoms. The topological polar surface area (TPSA) is 15.3 Å². The molecule has 0 aromatic heterocycles. The quantitative estimate of drug-likeness (QED) is 0.824. The fraction of sp³-hybridized carbons (Fsp3) is 0.474. The molecule has 0 fully saturated rings. The summed E-state index contributed by atoms with van der Waals surface area (Å²) < 4.78 is 0. The van der Waals surface area contributed by atoms with Crippen LogP contribution in [0.2, 0.25) is 0 Å². The number of nitrogens with zero attached hydrogens (tertiary/aromatic N) is 1. The lowest BCUT2D eigenvalue weighted by atomic mass is 9.98. The lowest BCUT2D eigenvalue weighted by molar-refractivity contribution is 0.257. The third-order valence-corrected chi connectivity index (χ3v) is 4.36. The zero-order chi connectivity index (χ0) is 15.2. The molecule has 21 heavy (non-hydrogen) atoms. The largest absolute Gasteiger partial charge is 0.312 e. The molecule has 1 N–H and O–H groups in total. The van der Waals surface area contributed by atoms with E-state index in [1.165, 1.54) is 22.8 Å². The Morgan fingerprint density at radius 2 is 1.76 bits per heavy atom. The molecule has 114 valence electrons. The van der Waals surface area contributed by atoms with Crippen molar-refractivity contribution < 1.29 is 0 Å². The van der Waals surface area contributed by atoms with Crippen molar-refractivity contribution in [2.45, 2.75) is 26.3 Å². The maximum Gasteiger partial charge on any atom is 0.0452 e. The molecule has 2 aromatic rings. The molecule has 0 spiro atoms. The predicted molar refractivity (Wildman–Crippen MR) is 92.7 cm³/mol. The van der Waals surface area contributed by atoms with Gasteiger partial charge in [0.15, 0.2) is 0 Å². The molecule has 0 saturated carbocycles. The summed E-state index contributed by atoms with van der Waals surface area (Å²) in [5.41, 5.74) is 1.40. The van der Waals surface area contributed by atoms with Gasteiger partial charge in [-0.25, -0.2) is 0 Å². The van der Waals surface area contributed by atoms with Crippen LogP contribution in [0.4, 0.5) is 0 Å². The monoisotopic (exact) mass is 284 g/mol. The summed E-state index contributed by atoms with van der Waals surface area (Å²) in [6, 6.07) is 15.6. The fourth-order valence-electron chi connectivity index (χ4n) is 2.95. The molecule has 0 saturated heterocycles. The highest BCUT2D eigenvalue weighted by molar-refractivity contribution is 5.86. The van der Waals surface area contributed by atoms with E-state index in [1.54, 1.807) is 0 Å². The van der Waals surface area contributed by atoms with E-state index in [-0.39, 0.29) is 0 Å². The van der Waals surface area contributed by atoms with Gasteiger partial charge < -0.3 is 10.2 Å². The van der Waals surface area contributed by atoms with Crippen LogP contribution in [0.1, 0.15) is 31.9 Å². The van der Waals surface area contributed by atoms with Crippen molar-refractivity contribution in [2.75, 3.05) is 27.2 Å². The summed E-state index contributed by atoms with van der Waals surface area (Å²) >= 11 is 0. The summed E-state index contributed by atoms with van der Waals surface area (Å²) in [5, 5.41) is 6.17. The number of likely N-dealkylation sites (N-methyl/N-ethyl adjacent to an activating group) is 2. The minimum absolute atomic E-state index is 0.366. The van der Waals surface area contributed by atoms with Crippen molar-refractivity contribution >= 4 is 10.8 Å². The standard InChI is InChI=1S/C19H28N2/c1-5-15(2)13-21(4)14-19(20-3)18-12-8-10-16-9-6-7-11-17(16)18/h6-12,15,19-20H,5,13-14H2,1-4H3. The summed E-state index contributed by atoms with van der Waals surface area (Å²) in [6.07, 6.45) is 1.24. The SMILES string of the molecule is CCC(C)CN(C)CC(NC)c1cccc2ccccc12. The maximum absolute atomic E-state index is 3.49. The first kappa shape index (κ1) is 16.0. The van der Waals surface area contributed by atoms with Crippen LogP contribution in [0, 0.1) is 5.92 Å². The molecule has 0 bridgehead atoms. The smallest absolute Gasteiger partial charge is 0.0452 e. The Bertz CT molecular complexity index is 559. The van der Waals surface area contributed by atoms with Gasteiger partial charge in [-0.2, -0.15) is 0 Å². The van der Waals surface area contributed by atoms with Crippen molar-refractivity contribution in [3.05, 3.63) is 48.0 Å². The van der Waals surface area contributed by atoms with Gasteiger partial charge in [-0.3, -0.25) is 0 Å². The minimum atomic E-state index is 0.366. The molecule has 0 heterocycles. The van der Waals surface area contributed by atoms with E-state index in [2.05, 4.69) is 80.6 Å². The number of benzene rings is 2. The van der Waals surface area contributed by atoms with E-state index in [4.69, 9.17) is 0 Å². The second kappa shape index (κ2) is 7.58. The van der Waals surface area contributed by atoms with E-state index in [0.717, 1.165) is 19.0 Å². The van der Waals surface area contributed by atoms with Crippen LogP contribution < -0.4 is 5.32 Å². The van der Waals surface area contributed by atoms with Crippen LogP contribution in [0.15, 0.2) is 42.5 Å². The van der Waals surface area contributed by atoms with Gasteiger partial charge in [0.25, 0.3) is 0 Å². The normalized spacial score (nSPS) is 14.5. The van der Waals surface area contributed by atoms with Crippen molar-refractivity contribution in [2.24, 2.45) is 5.92 Å². The van der Waals surface area contributed by atoms with Gasteiger partial charge in [0.2, 0.25) is 0 Å². The Hall–Kier alpha value is -1.38. The molecular formula is C19H28N2. The van der Waals surface area contributed by atoms with Gasteiger partial charge in [-0.05, 0) is 36.3 Å². The van der Waals surface area contributed by atoms with Crippen LogP contribution in [0.3, 0.4) is 0 Å². The van der Waals surface area contributed by atoms with Gasteiger partial charge in [-0.1, -0.05) is 62.7 Å². The maximum atomic E-state index is 3.49. The highest BCUT2D eigenvalue weighted by atomic mass is 15.1. The first-order valence-electron chi connectivity index (χ1n) is 7.99. The zero-order valence-electron chi connectivity index (χ0n) is 13.8. The number of fused-ring (bicyclic) bond motifs is 1. The van der Waals surface area contributed by atoms with Crippen molar-refractivity contribution in [3.8, 4) is 0 Å². The van der Waals surface area contributed by atoms with E-state index in [1.807, 2.05) is 0 Å². The van der Waals surface area contributed by atoms with Crippen LogP contribution in [-0.4, -0.2) is 32.1 Å². The number of hydrogen-bond donors (Lipinski definition) is 1. The van der Waals surface area contributed by atoms with Gasteiger partial charge in [0.1, 0.15) is 0 Å². The van der Waals surface area contributed by atoms with Crippen LogP contribution in [-0.2, 0) is 0 Å². The first-order chi connectivity index (χ1) is 10.2. The Kier molecular flexibility index (Phi) is 5.77. The molecule has 2 nitrogen and oxygen atoms in total. The molecule has 2 atom stereocenters. The zero-order valence-corrected chi connectivity index (χ0v) is 13.8. The highest BCUT2D eigenvalue weighted by Gasteiger charge is 2.15. The molecule has 0 amide bonds. The Morgan fingerprint density at radius 3 is 2.48 bits per heavy atom. The molecule has 0 radical (unpaired) electrons. The van der Waals surface area contributed by atoms with Gasteiger partial charge >= 0.3 is 0 Å². The first-order valence-corrected chi connectivity index (χ1v) is 7.99. The van der Waals surface area contributed by atoms with Crippen LogP contribution in [0.25, 0.3) is 10.8 Å². The molecule has 2 rings (SSSR count). The van der Waals surface area contributed by atoms with E-state index in [9.17, 15) is 0 Å². The molecular weight excluding hydrogens is 256 g/mol. The minimum Gasteiger partial charge on any atom is -0.312 e. The van der Waals surface area contributed by atoms with Crippen LogP contribution >= 0.6 is 0 Å². The number of hydrogen-bond acceptors (Lipinski definition) is 2. The lowest BCUT2D eigenvalue weighted by Gasteiger charge is -2.27. The Morgan fingerprint density at radius 1 is 1.05 bits per heavy atom. The van der Waals surface area contributed by atoms with Gasteiger partial charge in [-0.15, -0.1) is 0 Å². The summed E-state index contributed by atoms with van der Waals surface area (Å²) in [6.45, 7) is 6.77. The average molecular weight is 284 g/mol. The molecule has 0 aliphatic carbocycles. The van der Waals surface area contributed by atoms with Crippen molar-refractivity contribution in [3.63, 3.8) is 0 Å². The molecule has 0 aliphatic heterocycles. The van der Waals surface area contributed by atoms with Crippen molar-refractivity contribution in [1.82, 2.24) is 10.2 Å². The molecule has 0 aliphatic rings. The third kappa shape index (κ3) is 4.05. The second-order valence-corrected chi connectivity index (χ2v) is 6.14. The second-order valence-electron chi connectivity index (χ2n) is 6.14. The molecule has 2 unspecified atom stereocenters. The van der Waals surface area contributed by atoms with Gasteiger partial charge in [0.05, 0.1) is 0 Å². The third-order valence-electron chi connectivity index (χ3n) is 4.36. The fourth-order valence-corrected chi connectivity index (χ4v) is 2.95. The predicted octanol–water partition coefficient (Wildman–Crippen LogP) is 4.08.